The van der Waals surface area contributed by atoms with Crippen molar-refractivity contribution in [3.05, 3.63) is 107 Å². The minimum absolute atomic E-state index is 0.00512. The number of carbonyl (C=O) groups excluding carboxylic acids is 1. The van der Waals surface area contributed by atoms with Crippen LogP contribution in [0.3, 0.4) is 0 Å². The van der Waals surface area contributed by atoms with Crippen LogP contribution < -0.4 is 0 Å². The van der Waals surface area contributed by atoms with Gasteiger partial charge in [-0.25, -0.2) is 4.98 Å². The molecule has 0 spiro atoms. The van der Waals surface area contributed by atoms with Gasteiger partial charge in [0.1, 0.15) is 0 Å². The summed E-state index contributed by atoms with van der Waals surface area (Å²) in [5, 5.41) is 7.95. The molecule has 0 saturated carbocycles. The second-order valence-corrected chi connectivity index (χ2v) is 7.56. The molecule has 0 fully saturated rings. The number of H-pyrrole nitrogens is 1. The van der Waals surface area contributed by atoms with Crippen LogP contribution in [0.25, 0.3) is 0 Å². The number of aromatic nitrogens is 3. The van der Waals surface area contributed by atoms with Gasteiger partial charge in [0.05, 0.1) is 17.3 Å². The molecule has 0 bridgehead atoms. The van der Waals surface area contributed by atoms with Crippen molar-refractivity contribution in [2.75, 3.05) is 6.54 Å². The Morgan fingerprint density at radius 3 is 2.33 bits per heavy atom. The van der Waals surface area contributed by atoms with E-state index in [2.05, 4.69) is 34.3 Å². The predicted molar refractivity (Wildman–Crippen MR) is 112 cm³/mol. The number of nitrogens with zero attached hydrogens (tertiary/aromatic N) is 3. The number of carbonyl (C=O) groups is 1. The molecule has 2 aromatic carbocycles. The first-order valence-corrected chi connectivity index (χ1v) is 10.1. The highest BCUT2D eigenvalue weighted by molar-refractivity contribution is 5.92. The van der Waals surface area contributed by atoms with Crippen molar-refractivity contribution in [1.82, 2.24) is 20.1 Å². The highest BCUT2D eigenvalue weighted by Gasteiger charge is 2.31. The minimum Gasteiger partial charge on any atom is -0.438 e. The van der Waals surface area contributed by atoms with Gasteiger partial charge >= 0.3 is 0 Å². The summed E-state index contributed by atoms with van der Waals surface area (Å²) in [6.07, 6.45) is 2.06. The predicted octanol–water partition coefficient (Wildman–Crippen LogP) is 4.08. The second kappa shape index (κ2) is 7.63. The lowest BCUT2D eigenvalue weighted by atomic mass is 9.85. The van der Waals surface area contributed by atoms with Gasteiger partial charge in [0.15, 0.2) is 6.39 Å². The third-order valence-electron chi connectivity index (χ3n) is 5.73. The Hall–Kier alpha value is -3.67. The number of amides is 1. The van der Waals surface area contributed by atoms with E-state index in [1.54, 1.807) is 6.92 Å². The average molecular weight is 398 g/mol. The third-order valence-corrected chi connectivity index (χ3v) is 5.73. The smallest absolute Gasteiger partial charge is 0.291 e. The summed E-state index contributed by atoms with van der Waals surface area (Å²) in [7, 11) is 0. The molecule has 150 valence electrons. The number of oxazole rings is 1. The van der Waals surface area contributed by atoms with Crippen LogP contribution in [-0.2, 0) is 13.0 Å². The number of aromatic amines is 1. The molecule has 1 N–H and O–H groups in total. The third kappa shape index (κ3) is 3.20. The van der Waals surface area contributed by atoms with Gasteiger partial charge in [0.2, 0.25) is 5.76 Å². The van der Waals surface area contributed by atoms with E-state index in [9.17, 15) is 4.79 Å². The van der Waals surface area contributed by atoms with E-state index in [4.69, 9.17) is 9.52 Å². The molecule has 2 aromatic heterocycles. The van der Waals surface area contributed by atoms with Crippen LogP contribution in [0.2, 0.25) is 0 Å². The summed E-state index contributed by atoms with van der Waals surface area (Å²) in [6, 6.07) is 20.7. The van der Waals surface area contributed by atoms with Gasteiger partial charge in [-0.2, -0.15) is 5.10 Å². The molecule has 0 aliphatic carbocycles. The van der Waals surface area contributed by atoms with Gasteiger partial charge in [-0.3, -0.25) is 9.89 Å². The van der Waals surface area contributed by atoms with Gasteiger partial charge in [0.25, 0.3) is 5.91 Å². The molecule has 30 heavy (non-hydrogen) atoms. The minimum atomic E-state index is -0.126. The van der Waals surface area contributed by atoms with Crippen LogP contribution in [0.5, 0.6) is 0 Å². The largest absolute Gasteiger partial charge is 0.438 e. The Labute approximate surface area is 174 Å². The van der Waals surface area contributed by atoms with Gasteiger partial charge in [-0.15, -0.1) is 0 Å². The molecule has 3 heterocycles. The molecule has 1 amide bonds. The molecule has 6 heteroatoms. The summed E-state index contributed by atoms with van der Waals surface area (Å²) < 4.78 is 5.34. The quantitative estimate of drug-likeness (QED) is 0.562. The van der Waals surface area contributed by atoms with E-state index in [1.165, 1.54) is 17.5 Å². The van der Waals surface area contributed by atoms with Crippen LogP contribution in [0.1, 0.15) is 50.2 Å². The second-order valence-electron chi connectivity index (χ2n) is 7.56. The monoisotopic (exact) mass is 398 g/mol. The Balaban J connectivity index is 1.54. The zero-order chi connectivity index (χ0) is 20.5. The maximum absolute atomic E-state index is 13.0. The lowest BCUT2D eigenvalue weighted by Gasteiger charge is -2.28. The van der Waals surface area contributed by atoms with Gasteiger partial charge < -0.3 is 9.32 Å². The molecule has 6 nitrogen and oxygen atoms in total. The van der Waals surface area contributed by atoms with Crippen molar-refractivity contribution in [2.45, 2.75) is 25.8 Å². The first-order valence-electron chi connectivity index (χ1n) is 10.1. The summed E-state index contributed by atoms with van der Waals surface area (Å²) in [5.41, 5.74) is 6.11. The average Bonchev–Trinajstić information content (AvgIpc) is 3.41. The highest BCUT2D eigenvalue weighted by Crippen LogP contribution is 2.35. The highest BCUT2D eigenvalue weighted by atomic mass is 16.3. The molecule has 0 saturated heterocycles. The van der Waals surface area contributed by atoms with Crippen molar-refractivity contribution in [1.29, 1.82) is 0 Å². The van der Waals surface area contributed by atoms with Crippen molar-refractivity contribution >= 4 is 5.91 Å². The van der Waals surface area contributed by atoms with E-state index in [-0.39, 0.29) is 11.8 Å². The maximum Gasteiger partial charge on any atom is 0.291 e. The van der Waals surface area contributed by atoms with Crippen molar-refractivity contribution in [2.24, 2.45) is 0 Å². The maximum atomic E-state index is 13.0. The molecular weight excluding hydrogens is 376 g/mol. The molecule has 1 aliphatic rings. The van der Waals surface area contributed by atoms with Gasteiger partial charge in [-0.05, 0) is 18.1 Å². The standard InChI is InChI=1S/C24H22N4O2/c1-16-23(30-15-25-16)24(29)28-13-12-20-19(14-28)22(27-26-20)21(17-8-4-2-5-9-17)18-10-6-3-7-11-18/h2-11,15,21H,12-14H2,1H3,(H,26,27). The zero-order valence-corrected chi connectivity index (χ0v) is 16.7. The van der Waals surface area contributed by atoms with Crippen LogP contribution in [-0.4, -0.2) is 32.5 Å². The summed E-state index contributed by atoms with van der Waals surface area (Å²) >= 11 is 0. The zero-order valence-electron chi connectivity index (χ0n) is 16.7. The van der Waals surface area contributed by atoms with Crippen LogP contribution >= 0.6 is 0 Å². The van der Waals surface area contributed by atoms with Crippen molar-refractivity contribution in [3.63, 3.8) is 0 Å². The molecule has 0 atom stereocenters. The fraction of sp³-hybridized carbons (Fsp3) is 0.208. The lowest BCUT2D eigenvalue weighted by Crippen LogP contribution is -2.36. The summed E-state index contributed by atoms with van der Waals surface area (Å²) in [5.74, 6) is 0.180. The summed E-state index contributed by atoms with van der Waals surface area (Å²) in [4.78, 5) is 18.9. The Morgan fingerprint density at radius 2 is 1.73 bits per heavy atom. The number of aryl methyl sites for hydroxylation is 1. The van der Waals surface area contributed by atoms with E-state index in [0.29, 0.717) is 24.5 Å². The van der Waals surface area contributed by atoms with Crippen LogP contribution in [0, 0.1) is 6.92 Å². The Kier molecular flexibility index (Phi) is 4.67. The Bertz CT molecular complexity index is 1120. The normalized spacial score (nSPS) is 13.5. The van der Waals surface area contributed by atoms with Crippen molar-refractivity contribution < 1.29 is 9.21 Å². The number of hydrogen-bond acceptors (Lipinski definition) is 4. The van der Waals surface area contributed by atoms with Gasteiger partial charge in [-0.1, -0.05) is 60.7 Å². The number of hydrogen-bond donors (Lipinski definition) is 1. The first-order chi connectivity index (χ1) is 14.7. The molecule has 4 aromatic rings. The number of benzene rings is 2. The fourth-order valence-electron chi connectivity index (χ4n) is 4.18. The molecule has 5 rings (SSSR count). The van der Waals surface area contributed by atoms with E-state index >= 15 is 0 Å². The number of fused-ring (bicyclic) bond motifs is 1. The molecule has 0 radical (unpaired) electrons. The van der Waals surface area contributed by atoms with E-state index in [1.807, 2.05) is 41.3 Å². The lowest BCUT2D eigenvalue weighted by molar-refractivity contribution is 0.0700. The van der Waals surface area contributed by atoms with E-state index in [0.717, 1.165) is 23.4 Å². The van der Waals surface area contributed by atoms with Gasteiger partial charge in [0, 0.05) is 30.8 Å². The van der Waals surface area contributed by atoms with Crippen LogP contribution in [0.4, 0.5) is 0 Å². The molecule has 0 unspecified atom stereocenters. The molecule has 1 aliphatic heterocycles. The van der Waals surface area contributed by atoms with E-state index < -0.39 is 0 Å². The number of nitrogens with one attached hydrogen (secondary N) is 1. The summed E-state index contributed by atoms with van der Waals surface area (Å²) in [6.45, 7) is 2.90. The first kappa shape index (κ1) is 18.4. The Morgan fingerprint density at radius 1 is 1.07 bits per heavy atom. The van der Waals surface area contributed by atoms with Crippen LogP contribution in [0.15, 0.2) is 71.5 Å². The number of rotatable bonds is 4. The van der Waals surface area contributed by atoms with Crippen molar-refractivity contribution in [3.8, 4) is 0 Å². The SMILES string of the molecule is Cc1ncoc1C(=O)N1CCc2[nH]nc(C(c3ccccc3)c3ccccc3)c2C1. The molecular formula is C24H22N4O2. The fourth-order valence-corrected chi connectivity index (χ4v) is 4.18. The topological polar surface area (TPSA) is 75.0 Å².